The van der Waals surface area contributed by atoms with Crippen LogP contribution in [0.25, 0.3) is 0 Å². The molecule has 1 saturated heterocycles. The lowest BCUT2D eigenvalue weighted by atomic mass is 9.93. The van der Waals surface area contributed by atoms with Crippen LogP contribution in [0.3, 0.4) is 0 Å². The number of nitrogens with one attached hydrogen (secondary N) is 1. The van der Waals surface area contributed by atoms with E-state index in [2.05, 4.69) is 12.2 Å². The summed E-state index contributed by atoms with van der Waals surface area (Å²) in [4.78, 5) is 14.2. The van der Waals surface area contributed by atoms with Crippen LogP contribution in [0.2, 0.25) is 0 Å². The van der Waals surface area contributed by atoms with E-state index in [0.29, 0.717) is 12.5 Å². The molecular formula is C15H21FN2O. The molecule has 3 nitrogen and oxygen atoms in total. The van der Waals surface area contributed by atoms with Crippen LogP contribution >= 0.6 is 0 Å². The Hall–Kier alpha value is -1.42. The molecule has 1 fully saturated rings. The van der Waals surface area contributed by atoms with Gasteiger partial charge in [-0.15, -0.1) is 0 Å². The molecule has 0 bridgehead atoms. The molecule has 0 saturated carbocycles. The molecular weight excluding hydrogens is 243 g/mol. The first-order valence-corrected chi connectivity index (χ1v) is 6.92. The SMILES string of the molecule is CCN(C(=O)C1CC(C)CCN1)c1ccc(F)cc1. The predicted molar refractivity (Wildman–Crippen MR) is 74.6 cm³/mol. The number of hydrogen-bond acceptors (Lipinski definition) is 2. The lowest BCUT2D eigenvalue weighted by Gasteiger charge is -2.32. The highest BCUT2D eigenvalue weighted by atomic mass is 19.1. The van der Waals surface area contributed by atoms with E-state index in [4.69, 9.17) is 0 Å². The number of piperidine rings is 1. The standard InChI is InChI=1S/C15H21FN2O/c1-3-18(13-6-4-12(16)5-7-13)15(19)14-10-11(2)8-9-17-14/h4-7,11,14,17H,3,8-10H2,1-2H3. The molecule has 1 heterocycles. The van der Waals surface area contributed by atoms with Gasteiger partial charge < -0.3 is 10.2 Å². The first-order valence-electron chi connectivity index (χ1n) is 6.92. The zero-order chi connectivity index (χ0) is 13.8. The quantitative estimate of drug-likeness (QED) is 0.910. The van der Waals surface area contributed by atoms with Crippen LogP contribution in [-0.4, -0.2) is 25.0 Å². The summed E-state index contributed by atoms with van der Waals surface area (Å²) in [5.74, 6) is 0.374. The van der Waals surface area contributed by atoms with E-state index >= 15 is 0 Å². The van der Waals surface area contributed by atoms with Gasteiger partial charge in [0.05, 0.1) is 6.04 Å². The first kappa shape index (κ1) is 14.0. The lowest BCUT2D eigenvalue weighted by Crippen LogP contribution is -2.50. The Morgan fingerprint density at radius 2 is 2.11 bits per heavy atom. The molecule has 2 atom stereocenters. The summed E-state index contributed by atoms with van der Waals surface area (Å²) in [5.41, 5.74) is 0.758. The molecule has 0 aromatic heterocycles. The molecule has 4 heteroatoms. The highest BCUT2D eigenvalue weighted by Gasteiger charge is 2.28. The lowest BCUT2D eigenvalue weighted by molar-refractivity contribution is -0.121. The number of halogens is 1. The summed E-state index contributed by atoms with van der Waals surface area (Å²) in [6, 6.07) is 5.98. The van der Waals surface area contributed by atoms with Gasteiger partial charge in [-0.05, 0) is 56.5 Å². The third-order valence-corrected chi connectivity index (χ3v) is 3.68. The van der Waals surface area contributed by atoms with Crippen molar-refractivity contribution in [1.82, 2.24) is 5.32 Å². The summed E-state index contributed by atoms with van der Waals surface area (Å²) < 4.78 is 12.9. The van der Waals surface area contributed by atoms with E-state index in [-0.39, 0.29) is 17.8 Å². The van der Waals surface area contributed by atoms with E-state index in [0.717, 1.165) is 25.1 Å². The number of amides is 1. The van der Waals surface area contributed by atoms with Gasteiger partial charge in [0.25, 0.3) is 0 Å². The molecule has 0 aliphatic carbocycles. The second kappa shape index (κ2) is 6.15. The van der Waals surface area contributed by atoms with Crippen LogP contribution in [0.4, 0.5) is 10.1 Å². The maximum absolute atomic E-state index is 12.9. The number of rotatable bonds is 3. The number of likely N-dealkylation sites (N-methyl/N-ethyl adjacent to an activating group) is 1. The Labute approximate surface area is 113 Å². The molecule has 1 amide bonds. The van der Waals surface area contributed by atoms with E-state index in [1.54, 1.807) is 17.0 Å². The number of nitrogens with zero attached hydrogens (tertiary/aromatic N) is 1. The number of benzene rings is 1. The molecule has 19 heavy (non-hydrogen) atoms. The van der Waals surface area contributed by atoms with Crippen LogP contribution in [-0.2, 0) is 4.79 Å². The molecule has 2 unspecified atom stereocenters. The van der Waals surface area contributed by atoms with Crippen molar-refractivity contribution in [2.45, 2.75) is 32.7 Å². The minimum Gasteiger partial charge on any atom is -0.311 e. The smallest absolute Gasteiger partial charge is 0.244 e. The highest BCUT2D eigenvalue weighted by Crippen LogP contribution is 2.20. The van der Waals surface area contributed by atoms with Crippen molar-refractivity contribution < 1.29 is 9.18 Å². The van der Waals surface area contributed by atoms with Gasteiger partial charge in [0.1, 0.15) is 5.82 Å². The van der Waals surface area contributed by atoms with Crippen molar-refractivity contribution in [3.8, 4) is 0 Å². The van der Waals surface area contributed by atoms with Gasteiger partial charge in [0.15, 0.2) is 0 Å². The number of anilines is 1. The predicted octanol–water partition coefficient (Wildman–Crippen LogP) is 2.57. The van der Waals surface area contributed by atoms with Crippen LogP contribution in [0.15, 0.2) is 24.3 Å². The van der Waals surface area contributed by atoms with Crippen molar-refractivity contribution in [1.29, 1.82) is 0 Å². The Kier molecular flexibility index (Phi) is 4.53. The van der Waals surface area contributed by atoms with Crippen molar-refractivity contribution in [2.24, 2.45) is 5.92 Å². The summed E-state index contributed by atoms with van der Waals surface area (Å²) in [5, 5.41) is 3.28. The summed E-state index contributed by atoms with van der Waals surface area (Å²) in [7, 11) is 0. The van der Waals surface area contributed by atoms with Gasteiger partial charge in [-0.2, -0.15) is 0 Å². The third-order valence-electron chi connectivity index (χ3n) is 3.68. The van der Waals surface area contributed by atoms with Crippen LogP contribution < -0.4 is 10.2 Å². The molecule has 0 radical (unpaired) electrons. The van der Waals surface area contributed by atoms with Crippen molar-refractivity contribution in [2.75, 3.05) is 18.0 Å². The molecule has 1 aromatic carbocycles. The zero-order valence-corrected chi connectivity index (χ0v) is 11.5. The van der Waals surface area contributed by atoms with Crippen molar-refractivity contribution in [3.63, 3.8) is 0 Å². The number of carbonyl (C=O) groups is 1. The van der Waals surface area contributed by atoms with Gasteiger partial charge in [0.2, 0.25) is 5.91 Å². The largest absolute Gasteiger partial charge is 0.311 e. The second-order valence-corrected chi connectivity index (χ2v) is 5.20. The maximum Gasteiger partial charge on any atom is 0.244 e. The average Bonchev–Trinajstić information content (AvgIpc) is 2.41. The zero-order valence-electron chi connectivity index (χ0n) is 11.5. The minimum absolute atomic E-state index is 0.0839. The fourth-order valence-electron chi connectivity index (χ4n) is 2.57. The van der Waals surface area contributed by atoms with Crippen LogP contribution in [0, 0.1) is 11.7 Å². The number of carbonyl (C=O) groups excluding carboxylic acids is 1. The third kappa shape index (κ3) is 3.32. The normalized spacial score (nSPS) is 23.1. The summed E-state index contributed by atoms with van der Waals surface area (Å²) >= 11 is 0. The first-order chi connectivity index (χ1) is 9.11. The summed E-state index contributed by atoms with van der Waals surface area (Å²) in [6.45, 7) is 5.60. The Morgan fingerprint density at radius 3 is 2.68 bits per heavy atom. The van der Waals surface area contributed by atoms with Crippen LogP contribution in [0.5, 0.6) is 0 Å². The fourth-order valence-corrected chi connectivity index (χ4v) is 2.57. The fraction of sp³-hybridized carbons (Fsp3) is 0.533. The molecule has 104 valence electrons. The van der Waals surface area contributed by atoms with E-state index in [1.807, 2.05) is 6.92 Å². The average molecular weight is 264 g/mol. The molecule has 1 aromatic rings. The topological polar surface area (TPSA) is 32.3 Å². The van der Waals surface area contributed by atoms with Gasteiger partial charge in [-0.1, -0.05) is 6.92 Å². The Morgan fingerprint density at radius 1 is 1.42 bits per heavy atom. The van der Waals surface area contributed by atoms with Crippen molar-refractivity contribution in [3.05, 3.63) is 30.1 Å². The molecule has 2 rings (SSSR count). The van der Waals surface area contributed by atoms with Gasteiger partial charge >= 0.3 is 0 Å². The molecule has 0 spiro atoms. The van der Waals surface area contributed by atoms with E-state index < -0.39 is 0 Å². The maximum atomic E-state index is 12.9. The second-order valence-electron chi connectivity index (χ2n) is 5.20. The van der Waals surface area contributed by atoms with Gasteiger partial charge in [-0.25, -0.2) is 4.39 Å². The molecule has 1 aliphatic heterocycles. The van der Waals surface area contributed by atoms with Crippen molar-refractivity contribution >= 4 is 11.6 Å². The molecule has 1 N–H and O–H groups in total. The summed E-state index contributed by atoms with van der Waals surface area (Å²) in [6.07, 6.45) is 1.99. The van der Waals surface area contributed by atoms with Crippen LogP contribution in [0.1, 0.15) is 26.7 Å². The Balaban J connectivity index is 2.12. The highest BCUT2D eigenvalue weighted by molar-refractivity contribution is 5.97. The van der Waals surface area contributed by atoms with E-state index in [1.165, 1.54) is 12.1 Å². The van der Waals surface area contributed by atoms with Gasteiger partial charge in [-0.3, -0.25) is 4.79 Å². The molecule has 1 aliphatic rings. The Bertz CT molecular complexity index is 432. The van der Waals surface area contributed by atoms with E-state index in [9.17, 15) is 9.18 Å². The van der Waals surface area contributed by atoms with Gasteiger partial charge in [0, 0.05) is 12.2 Å². The number of hydrogen-bond donors (Lipinski definition) is 1. The monoisotopic (exact) mass is 264 g/mol. The minimum atomic E-state index is -0.281.